The molecule has 4 aromatic rings. The van der Waals surface area contributed by atoms with Crippen molar-refractivity contribution >= 4 is 45.7 Å². The predicted molar refractivity (Wildman–Crippen MR) is 164 cm³/mol. The van der Waals surface area contributed by atoms with E-state index in [0.29, 0.717) is 45.0 Å². The quantitative estimate of drug-likeness (QED) is 0.194. The zero-order chi connectivity index (χ0) is 28.5. The van der Waals surface area contributed by atoms with Crippen LogP contribution in [0.3, 0.4) is 0 Å². The van der Waals surface area contributed by atoms with Gasteiger partial charge in [-0.25, -0.2) is 0 Å². The number of halogens is 3. The predicted octanol–water partition coefficient (Wildman–Crippen LogP) is 9.61. The van der Waals surface area contributed by atoms with Gasteiger partial charge in [0.2, 0.25) is 0 Å². The van der Waals surface area contributed by atoms with Crippen molar-refractivity contribution < 1.29 is 14.0 Å². The number of hydrogen-bond acceptors (Lipinski definition) is 6. The third kappa shape index (κ3) is 4.70. The van der Waals surface area contributed by atoms with E-state index >= 15 is 0 Å². The molecule has 5 aliphatic carbocycles. The highest BCUT2D eigenvalue weighted by Gasteiger charge is 2.51. The molecule has 0 atom stereocenters. The van der Waals surface area contributed by atoms with Crippen LogP contribution in [0.15, 0.2) is 41.2 Å². The van der Waals surface area contributed by atoms with E-state index in [1.165, 1.54) is 6.42 Å². The molecular weight excluding hydrogens is 593 g/mol. The van der Waals surface area contributed by atoms with Gasteiger partial charge in [-0.2, -0.15) is 0 Å². The molecule has 42 heavy (non-hydrogen) atoms. The van der Waals surface area contributed by atoms with Gasteiger partial charge < -0.3 is 14.0 Å². The Morgan fingerprint density at radius 3 is 2.29 bits per heavy atom. The Hall–Kier alpha value is -2.38. The van der Waals surface area contributed by atoms with E-state index in [1.807, 2.05) is 6.07 Å². The summed E-state index contributed by atoms with van der Waals surface area (Å²) in [5.74, 6) is 2.14. The number of fused-ring (bicyclic) bond motifs is 4. The van der Waals surface area contributed by atoms with Crippen LogP contribution in [0.1, 0.15) is 93.6 Å². The molecule has 1 aromatic carbocycles. The van der Waals surface area contributed by atoms with Gasteiger partial charge in [0.15, 0.2) is 0 Å². The maximum absolute atomic E-state index is 6.83. The van der Waals surface area contributed by atoms with Crippen LogP contribution in [-0.2, 0) is 16.8 Å². The van der Waals surface area contributed by atoms with Gasteiger partial charge in [0.25, 0.3) is 0 Å². The first-order chi connectivity index (χ1) is 20.4. The van der Waals surface area contributed by atoms with Gasteiger partial charge >= 0.3 is 0 Å². The molecule has 5 aliphatic rings. The van der Waals surface area contributed by atoms with Crippen LogP contribution in [-0.4, -0.2) is 26.8 Å². The summed E-state index contributed by atoms with van der Waals surface area (Å²) < 4.78 is 18.8. The molecule has 5 fully saturated rings. The molecule has 0 spiro atoms. The average molecular weight is 625 g/mol. The van der Waals surface area contributed by atoms with Crippen LogP contribution < -0.4 is 4.74 Å². The largest absolute Gasteiger partial charge is 0.490 e. The first kappa shape index (κ1) is 27.2. The SMILES string of the molecule is Clc1cncc(Cl)c1-c1noc(C2CC2)c1COC12CCC(c3ccc4cc(OC5CCC5)cc(Cl)c4n3)(CC1)CC2. The summed E-state index contributed by atoms with van der Waals surface area (Å²) in [5, 5.41) is 7.04. The number of rotatable bonds is 8. The Morgan fingerprint density at radius 1 is 0.881 bits per heavy atom. The molecule has 5 saturated carbocycles. The van der Waals surface area contributed by atoms with Crippen molar-refractivity contribution in [3.05, 3.63) is 68.7 Å². The van der Waals surface area contributed by atoms with E-state index in [0.717, 1.165) is 97.9 Å². The van der Waals surface area contributed by atoms with E-state index in [9.17, 15) is 0 Å². The van der Waals surface area contributed by atoms with Gasteiger partial charge in [-0.3, -0.25) is 9.97 Å². The topological polar surface area (TPSA) is 70.3 Å². The first-order valence-electron chi connectivity index (χ1n) is 15.1. The molecule has 218 valence electrons. The summed E-state index contributed by atoms with van der Waals surface area (Å²) in [7, 11) is 0. The Morgan fingerprint density at radius 2 is 1.62 bits per heavy atom. The summed E-state index contributed by atoms with van der Waals surface area (Å²) >= 11 is 19.8. The van der Waals surface area contributed by atoms with Crippen molar-refractivity contribution in [2.24, 2.45) is 0 Å². The zero-order valence-electron chi connectivity index (χ0n) is 23.3. The van der Waals surface area contributed by atoms with Crippen LogP contribution in [0.4, 0.5) is 0 Å². The second kappa shape index (κ2) is 10.4. The summed E-state index contributed by atoms with van der Waals surface area (Å²) in [6.45, 7) is 0.432. The fourth-order valence-electron chi connectivity index (χ4n) is 7.15. The smallest absolute Gasteiger partial charge is 0.145 e. The third-order valence-corrected chi connectivity index (χ3v) is 11.0. The van der Waals surface area contributed by atoms with Crippen LogP contribution >= 0.6 is 34.8 Å². The maximum atomic E-state index is 6.83. The Balaban J connectivity index is 1.01. The molecule has 0 unspecified atom stereocenters. The van der Waals surface area contributed by atoms with Crippen molar-refractivity contribution in [1.29, 1.82) is 0 Å². The fourth-order valence-corrected chi connectivity index (χ4v) is 7.95. The third-order valence-electron chi connectivity index (χ3n) is 10.2. The molecule has 3 heterocycles. The molecule has 0 saturated heterocycles. The molecule has 9 rings (SSSR count). The monoisotopic (exact) mass is 623 g/mol. The lowest BCUT2D eigenvalue weighted by atomic mass is 9.57. The molecular formula is C33H32Cl3N3O3. The van der Waals surface area contributed by atoms with Crippen molar-refractivity contribution in [3.63, 3.8) is 0 Å². The lowest BCUT2D eigenvalue weighted by molar-refractivity contribution is -0.127. The Labute approximate surface area is 260 Å². The maximum Gasteiger partial charge on any atom is 0.145 e. The summed E-state index contributed by atoms with van der Waals surface area (Å²) in [6.07, 6.45) is 15.3. The Kier molecular flexibility index (Phi) is 6.71. The van der Waals surface area contributed by atoms with E-state index in [1.54, 1.807) is 12.4 Å². The molecule has 3 aromatic heterocycles. The average Bonchev–Trinajstić information content (AvgIpc) is 3.74. The van der Waals surface area contributed by atoms with Gasteiger partial charge in [0.05, 0.1) is 38.9 Å². The molecule has 0 aliphatic heterocycles. The van der Waals surface area contributed by atoms with Gasteiger partial charge in [0.1, 0.15) is 17.2 Å². The highest BCUT2D eigenvalue weighted by Crippen LogP contribution is 2.56. The fraction of sp³-hybridized carbons (Fsp3) is 0.485. The minimum absolute atomic E-state index is 0.0589. The molecule has 0 amide bonds. The van der Waals surface area contributed by atoms with Gasteiger partial charge in [-0.1, -0.05) is 46.0 Å². The standard InChI is InChI=1S/C33H32Cl3N3O3/c34-24-15-22(41-21-2-1-3-21)14-20-6-7-27(38-29(20)24)32-8-11-33(12-9-32,13-10-32)40-18-23-30(39-42-31(23)19-4-5-19)28-25(35)16-37-17-26(28)36/h6-7,14-17,19,21H,1-5,8-13,18H2. The molecule has 2 bridgehead atoms. The second-order valence-electron chi connectivity index (χ2n) is 12.7. The van der Waals surface area contributed by atoms with Crippen LogP contribution in [0, 0.1) is 0 Å². The van der Waals surface area contributed by atoms with Crippen LogP contribution in [0.25, 0.3) is 22.2 Å². The van der Waals surface area contributed by atoms with Crippen molar-refractivity contribution in [2.75, 3.05) is 0 Å². The zero-order valence-corrected chi connectivity index (χ0v) is 25.6. The number of hydrogen-bond donors (Lipinski definition) is 0. The lowest BCUT2D eigenvalue weighted by Crippen LogP contribution is -2.50. The minimum Gasteiger partial charge on any atom is -0.490 e. The summed E-state index contributed by atoms with van der Waals surface area (Å²) in [5.41, 5.74) is 4.21. The van der Waals surface area contributed by atoms with Gasteiger partial charge in [-0.15, -0.1) is 0 Å². The van der Waals surface area contributed by atoms with Gasteiger partial charge in [-0.05, 0) is 82.8 Å². The van der Waals surface area contributed by atoms with E-state index in [-0.39, 0.29) is 11.0 Å². The van der Waals surface area contributed by atoms with Gasteiger partial charge in [0, 0.05) is 52.0 Å². The number of aromatic nitrogens is 3. The summed E-state index contributed by atoms with van der Waals surface area (Å²) in [6, 6.07) is 8.38. The molecule has 0 radical (unpaired) electrons. The first-order valence-corrected chi connectivity index (χ1v) is 16.2. The lowest BCUT2D eigenvalue weighted by Gasteiger charge is -2.52. The number of pyridine rings is 2. The minimum atomic E-state index is -0.162. The molecule has 0 N–H and O–H groups in total. The highest BCUT2D eigenvalue weighted by molar-refractivity contribution is 6.39. The van der Waals surface area contributed by atoms with E-state index in [4.69, 9.17) is 53.8 Å². The van der Waals surface area contributed by atoms with Crippen molar-refractivity contribution in [3.8, 4) is 17.0 Å². The van der Waals surface area contributed by atoms with E-state index < -0.39 is 0 Å². The molecule has 9 heteroatoms. The summed E-state index contributed by atoms with van der Waals surface area (Å²) in [4.78, 5) is 9.25. The van der Waals surface area contributed by atoms with Crippen molar-refractivity contribution in [1.82, 2.24) is 15.1 Å². The van der Waals surface area contributed by atoms with E-state index in [2.05, 4.69) is 28.3 Å². The number of nitrogens with zero attached hydrogens (tertiary/aromatic N) is 3. The highest BCUT2D eigenvalue weighted by atomic mass is 35.5. The normalized spacial score (nSPS) is 25.6. The number of benzene rings is 1. The van der Waals surface area contributed by atoms with Crippen molar-refractivity contribution in [2.45, 2.75) is 100 Å². The molecule has 6 nitrogen and oxygen atoms in total. The second-order valence-corrected chi connectivity index (χ2v) is 13.9. The number of ether oxygens (including phenoxy) is 2. The van der Waals surface area contributed by atoms with Crippen LogP contribution in [0.5, 0.6) is 5.75 Å². The van der Waals surface area contributed by atoms with Crippen LogP contribution in [0.2, 0.25) is 15.1 Å². The Bertz CT molecular complexity index is 1640.